The van der Waals surface area contributed by atoms with Crippen molar-refractivity contribution < 1.29 is 0 Å². The second-order valence-corrected chi connectivity index (χ2v) is 17.7. The molecule has 1 spiro atoms. The van der Waals surface area contributed by atoms with Crippen molar-refractivity contribution in [3.8, 4) is 55.6 Å². The third-order valence-corrected chi connectivity index (χ3v) is 14.6. The summed E-state index contributed by atoms with van der Waals surface area (Å²) in [5.41, 5.74) is 20.6. The number of nitrogens with zero attached hydrogens (tertiary/aromatic N) is 1. The minimum atomic E-state index is -0.476. The normalized spacial score (nSPS) is 12.9. The Balaban J connectivity index is 1.19. The van der Waals surface area contributed by atoms with E-state index in [4.69, 9.17) is 0 Å². The fraction of sp³-hybridized carbons (Fsp3) is 0.0164. The van der Waals surface area contributed by atoms with Gasteiger partial charge in [-0.2, -0.15) is 0 Å². The molecule has 2 aliphatic carbocycles. The highest BCUT2D eigenvalue weighted by atomic mass is 32.1. The summed E-state index contributed by atoms with van der Waals surface area (Å²) in [4.78, 5) is 2.62. The molecular formula is C61H39NS. The van der Waals surface area contributed by atoms with Gasteiger partial charge in [0.25, 0.3) is 0 Å². The van der Waals surface area contributed by atoms with Crippen LogP contribution in [0.2, 0.25) is 0 Å². The summed E-state index contributed by atoms with van der Waals surface area (Å²) in [5.74, 6) is 0. The molecule has 0 amide bonds. The molecule has 0 saturated carbocycles. The molecule has 0 unspecified atom stereocenters. The van der Waals surface area contributed by atoms with Crippen molar-refractivity contribution in [3.63, 3.8) is 0 Å². The number of anilines is 3. The van der Waals surface area contributed by atoms with Crippen molar-refractivity contribution in [2.75, 3.05) is 4.90 Å². The number of hydrogen-bond acceptors (Lipinski definition) is 2. The molecule has 0 fully saturated rings. The molecule has 0 saturated heterocycles. The standard InChI is InChI=1S/C61H39NS/c1-3-20-40(21-4-1)42-24-7-8-27-46(42)58-43(41-22-5-2-6-23-41)30-17-35-53(58)62(55-37-19-39-57-60(55)48-29-12-16-38-56(48)63-57)54-36-18-34-52-59(54)47-28-11-15-33-51(47)61(52)49-31-13-9-25-44(49)45-26-10-14-32-50(45)61/h1-39H. The minimum Gasteiger partial charge on any atom is -0.309 e. The Labute approximate surface area is 371 Å². The smallest absolute Gasteiger partial charge is 0.0726 e. The van der Waals surface area contributed by atoms with E-state index < -0.39 is 5.41 Å². The van der Waals surface area contributed by atoms with Crippen LogP contribution in [0.5, 0.6) is 0 Å². The molecule has 2 heteroatoms. The molecule has 294 valence electrons. The summed E-state index contributed by atoms with van der Waals surface area (Å²) < 4.78 is 2.56. The van der Waals surface area contributed by atoms with Crippen molar-refractivity contribution in [2.24, 2.45) is 0 Å². The molecular weight excluding hydrogens is 779 g/mol. The van der Waals surface area contributed by atoms with E-state index in [1.54, 1.807) is 0 Å². The molecule has 11 aromatic rings. The average molecular weight is 818 g/mol. The zero-order valence-electron chi connectivity index (χ0n) is 34.4. The topological polar surface area (TPSA) is 3.24 Å². The van der Waals surface area contributed by atoms with E-state index in [9.17, 15) is 0 Å². The molecule has 2 aliphatic rings. The lowest BCUT2D eigenvalue weighted by Crippen LogP contribution is -2.26. The summed E-state index contributed by atoms with van der Waals surface area (Å²) in [6.07, 6.45) is 0. The first kappa shape index (κ1) is 35.9. The van der Waals surface area contributed by atoms with Gasteiger partial charge in [0.15, 0.2) is 0 Å². The molecule has 0 aliphatic heterocycles. The Morgan fingerprint density at radius 1 is 0.286 bits per heavy atom. The van der Waals surface area contributed by atoms with Gasteiger partial charge >= 0.3 is 0 Å². The SMILES string of the molecule is c1ccc(-c2ccccc2-c2c(-c3ccccc3)cccc2N(c2cccc3c2-c2ccccc2C32c3ccccc3-c3ccccc32)c2cccc3sc4ccccc4c23)cc1. The summed E-state index contributed by atoms with van der Waals surface area (Å²) in [5, 5.41) is 2.53. The van der Waals surface area contributed by atoms with E-state index in [0.29, 0.717) is 0 Å². The first-order valence-corrected chi connectivity index (χ1v) is 22.6. The zero-order chi connectivity index (χ0) is 41.5. The maximum Gasteiger partial charge on any atom is 0.0726 e. The molecule has 63 heavy (non-hydrogen) atoms. The fourth-order valence-electron chi connectivity index (χ4n) is 11.1. The first-order valence-electron chi connectivity index (χ1n) is 21.8. The molecule has 0 bridgehead atoms. The Kier molecular flexibility index (Phi) is 8.06. The van der Waals surface area contributed by atoms with E-state index in [-0.39, 0.29) is 0 Å². The molecule has 13 rings (SSSR count). The van der Waals surface area contributed by atoms with Crippen molar-refractivity contribution in [1.29, 1.82) is 0 Å². The highest BCUT2D eigenvalue weighted by molar-refractivity contribution is 7.26. The van der Waals surface area contributed by atoms with Crippen LogP contribution in [0.1, 0.15) is 22.3 Å². The van der Waals surface area contributed by atoms with Crippen LogP contribution < -0.4 is 4.90 Å². The number of thiophene rings is 1. The Hall–Kier alpha value is -7.78. The van der Waals surface area contributed by atoms with E-state index in [1.807, 2.05) is 11.3 Å². The van der Waals surface area contributed by atoms with Gasteiger partial charge in [0.05, 0.1) is 22.5 Å². The highest BCUT2D eigenvalue weighted by Gasteiger charge is 2.52. The van der Waals surface area contributed by atoms with E-state index >= 15 is 0 Å². The van der Waals surface area contributed by atoms with Gasteiger partial charge in [0.2, 0.25) is 0 Å². The third-order valence-electron chi connectivity index (χ3n) is 13.5. The third kappa shape index (κ3) is 5.16. The fourth-order valence-corrected chi connectivity index (χ4v) is 12.2. The first-order chi connectivity index (χ1) is 31.3. The van der Waals surface area contributed by atoms with Crippen LogP contribution in [0.15, 0.2) is 237 Å². The van der Waals surface area contributed by atoms with Crippen LogP contribution in [-0.4, -0.2) is 0 Å². The molecule has 0 N–H and O–H groups in total. The van der Waals surface area contributed by atoms with E-state index in [0.717, 1.165) is 17.1 Å². The average Bonchev–Trinajstić information content (AvgIpc) is 4.00. The molecule has 1 heterocycles. The number of benzene rings is 10. The molecule has 1 nitrogen and oxygen atoms in total. The van der Waals surface area contributed by atoms with Gasteiger partial charge in [-0.3, -0.25) is 0 Å². The summed E-state index contributed by atoms with van der Waals surface area (Å²) >= 11 is 1.87. The monoisotopic (exact) mass is 817 g/mol. The summed E-state index contributed by atoms with van der Waals surface area (Å²) in [6, 6.07) is 87.9. The summed E-state index contributed by atoms with van der Waals surface area (Å²) in [7, 11) is 0. The number of hydrogen-bond donors (Lipinski definition) is 0. The summed E-state index contributed by atoms with van der Waals surface area (Å²) in [6.45, 7) is 0. The van der Waals surface area contributed by atoms with Crippen LogP contribution in [0.25, 0.3) is 75.8 Å². The van der Waals surface area contributed by atoms with Crippen molar-refractivity contribution in [2.45, 2.75) is 5.41 Å². The van der Waals surface area contributed by atoms with Crippen molar-refractivity contribution in [3.05, 3.63) is 259 Å². The molecule has 0 atom stereocenters. The predicted octanol–water partition coefficient (Wildman–Crippen LogP) is 16.9. The van der Waals surface area contributed by atoms with Crippen LogP contribution >= 0.6 is 11.3 Å². The second-order valence-electron chi connectivity index (χ2n) is 16.6. The van der Waals surface area contributed by atoms with E-state index in [2.05, 4.69) is 241 Å². The number of rotatable bonds is 6. The van der Waals surface area contributed by atoms with Crippen LogP contribution in [0, 0.1) is 0 Å². The second kappa shape index (κ2) is 14.1. The van der Waals surface area contributed by atoms with Gasteiger partial charge in [-0.05, 0) is 97.1 Å². The Morgan fingerprint density at radius 2 is 0.730 bits per heavy atom. The van der Waals surface area contributed by atoms with Gasteiger partial charge in [-0.15, -0.1) is 11.3 Å². The van der Waals surface area contributed by atoms with Gasteiger partial charge in [0, 0.05) is 31.3 Å². The molecule has 1 aromatic heterocycles. The van der Waals surface area contributed by atoms with Crippen LogP contribution in [-0.2, 0) is 5.41 Å². The molecule has 0 radical (unpaired) electrons. The maximum absolute atomic E-state index is 2.62. The largest absolute Gasteiger partial charge is 0.309 e. The predicted molar refractivity (Wildman–Crippen MR) is 267 cm³/mol. The highest BCUT2D eigenvalue weighted by Crippen LogP contribution is 2.65. The Morgan fingerprint density at radius 3 is 1.43 bits per heavy atom. The van der Waals surface area contributed by atoms with Gasteiger partial charge < -0.3 is 4.90 Å². The Bertz CT molecular complexity index is 3540. The van der Waals surface area contributed by atoms with Crippen LogP contribution in [0.3, 0.4) is 0 Å². The lowest BCUT2D eigenvalue weighted by atomic mass is 9.70. The lowest BCUT2D eigenvalue weighted by molar-refractivity contribution is 0.794. The van der Waals surface area contributed by atoms with E-state index in [1.165, 1.54) is 98.1 Å². The minimum absolute atomic E-state index is 0.476. The zero-order valence-corrected chi connectivity index (χ0v) is 35.2. The van der Waals surface area contributed by atoms with Gasteiger partial charge in [-0.1, -0.05) is 206 Å². The van der Waals surface area contributed by atoms with Gasteiger partial charge in [-0.25, -0.2) is 0 Å². The van der Waals surface area contributed by atoms with Crippen molar-refractivity contribution in [1.82, 2.24) is 0 Å². The van der Waals surface area contributed by atoms with Crippen LogP contribution in [0.4, 0.5) is 17.1 Å². The quantitative estimate of drug-likeness (QED) is 0.162. The van der Waals surface area contributed by atoms with Crippen molar-refractivity contribution >= 4 is 48.6 Å². The number of fused-ring (bicyclic) bond motifs is 13. The maximum atomic E-state index is 2.62. The lowest BCUT2D eigenvalue weighted by Gasteiger charge is -2.33. The molecule has 10 aromatic carbocycles. The van der Waals surface area contributed by atoms with Gasteiger partial charge in [0.1, 0.15) is 0 Å².